The molecule has 0 aromatic heterocycles. The first-order chi connectivity index (χ1) is 11.9. The zero-order valence-corrected chi connectivity index (χ0v) is 13.9. The molecule has 2 N–H and O–H groups in total. The first-order valence-corrected chi connectivity index (χ1v) is 7.59. The van der Waals surface area contributed by atoms with Crippen molar-refractivity contribution in [1.82, 2.24) is 0 Å². The summed E-state index contributed by atoms with van der Waals surface area (Å²) in [5.74, 6) is -1.05. The van der Waals surface area contributed by atoms with E-state index in [-0.39, 0.29) is 18.5 Å². The summed E-state index contributed by atoms with van der Waals surface area (Å²) in [5, 5.41) is 12.6. The monoisotopic (exact) mass is 351 g/mol. The lowest BCUT2D eigenvalue weighted by Gasteiger charge is -2.15. The summed E-state index contributed by atoms with van der Waals surface area (Å²) in [5.41, 5.74) is 0.409. The van der Waals surface area contributed by atoms with E-state index in [1.165, 1.54) is 14.2 Å². The summed E-state index contributed by atoms with van der Waals surface area (Å²) in [4.78, 5) is 11.9. The third kappa shape index (κ3) is 4.90. The fraction of sp³-hybridized carbons (Fsp3) is 0.278. The molecule has 0 saturated carbocycles. The normalized spacial score (nSPS) is 11.7. The van der Waals surface area contributed by atoms with Gasteiger partial charge in [-0.3, -0.25) is 4.79 Å². The molecule has 2 aromatic carbocycles. The molecular formula is C18H19F2NO4. The van der Waals surface area contributed by atoms with E-state index in [1.807, 2.05) is 0 Å². The number of benzene rings is 2. The Morgan fingerprint density at radius 1 is 1.16 bits per heavy atom. The molecule has 1 atom stereocenters. The van der Waals surface area contributed by atoms with Crippen LogP contribution in [-0.2, 0) is 4.79 Å². The van der Waals surface area contributed by atoms with Gasteiger partial charge in [0.25, 0.3) is 0 Å². The second kappa shape index (κ2) is 8.43. The van der Waals surface area contributed by atoms with E-state index >= 15 is 0 Å². The van der Waals surface area contributed by atoms with Crippen LogP contribution in [0.25, 0.3) is 0 Å². The number of methoxy groups -OCH3 is 2. The molecule has 0 heterocycles. The lowest BCUT2D eigenvalue weighted by atomic mass is 10.0. The topological polar surface area (TPSA) is 67.8 Å². The maximum absolute atomic E-state index is 13.5. The number of halogens is 2. The van der Waals surface area contributed by atoms with Crippen LogP contribution < -0.4 is 14.8 Å². The molecule has 2 aromatic rings. The maximum Gasteiger partial charge on any atom is 0.224 e. The van der Waals surface area contributed by atoms with Crippen molar-refractivity contribution in [3.63, 3.8) is 0 Å². The van der Waals surface area contributed by atoms with Gasteiger partial charge >= 0.3 is 0 Å². The van der Waals surface area contributed by atoms with E-state index in [4.69, 9.17) is 9.47 Å². The van der Waals surface area contributed by atoms with Gasteiger partial charge in [0.05, 0.1) is 26.0 Å². The van der Waals surface area contributed by atoms with E-state index in [2.05, 4.69) is 5.32 Å². The van der Waals surface area contributed by atoms with Crippen molar-refractivity contribution >= 4 is 11.6 Å². The van der Waals surface area contributed by atoms with Gasteiger partial charge in [-0.2, -0.15) is 0 Å². The summed E-state index contributed by atoms with van der Waals surface area (Å²) in [6, 6.07) is 7.84. The van der Waals surface area contributed by atoms with Gasteiger partial charge in [0, 0.05) is 24.1 Å². The minimum Gasteiger partial charge on any atom is -0.497 e. The zero-order valence-electron chi connectivity index (χ0n) is 13.9. The Kier molecular flexibility index (Phi) is 6.30. The van der Waals surface area contributed by atoms with Crippen LogP contribution in [0, 0.1) is 11.6 Å². The number of hydrogen-bond donors (Lipinski definition) is 2. The van der Waals surface area contributed by atoms with E-state index < -0.39 is 23.6 Å². The summed E-state index contributed by atoms with van der Waals surface area (Å²) < 4.78 is 36.7. The minimum absolute atomic E-state index is 0.0484. The molecule has 5 nitrogen and oxygen atoms in total. The van der Waals surface area contributed by atoms with Gasteiger partial charge in [0.2, 0.25) is 5.91 Å². The lowest BCUT2D eigenvalue weighted by Crippen LogP contribution is -2.14. The summed E-state index contributed by atoms with van der Waals surface area (Å²) in [7, 11) is 2.98. The molecule has 0 radical (unpaired) electrons. The van der Waals surface area contributed by atoms with Gasteiger partial charge in [-0.1, -0.05) is 0 Å². The Morgan fingerprint density at radius 2 is 1.92 bits per heavy atom. The zero-order chi connectivity index (χ0) is 18.4. The highest BCUT2D eigenvalue weighted by atomic mass is 19.1. The van der Waals surface area contributed by atoms with Gasteiger partial charge in [0.15, 0.2) is 0 Å². The largest absolute Gasteiger partial charge is 0.497 e. The number of nitrogens with one attached hydrogen (secondary N) is 1. The smallest absolute Gasteiger partial charge is 0.224 e. The molecule has 1 amide bonds. The van der Waals surface area contributed by atoms with Crippen molar-refractivity contribution in [1.29, 1.82) is 0 Å². The number of anilines is 1. The molecule has 7 heteroatoms. The third-order valence-corrected chi connectivity index (χ3v) is 3.65. The highest BCUT2D eigenvalue weighted by Crippen LogP contribution is 2.31. The van der Waals surface area contributed by atoms with Gasteiger partial charge in [-0.25, -0.2) is 8.78 Å². The molecule has 0 aliphatic heterocycles. The highest BCUT2D eigenvalue weighted by Gasteiger charge is 2.16. The molecular weight excluding hydrogens is 332 g/mol. The molecule has 0 spiro atoms. The number of rotatable bonds is 7. The Morgan fingerprint density at radius 3 is 2.56 bits per heavy atom. The SMILES string of the molecule is COc1ccc(C(O)CCC(=O)Nc2ccc(F)cc2F)c(OC)c1. The average Bonchev–Trinajstić information content (AvgIpc) is 2.61. The number of aliphatic hydroxyl groups excluding tert-OH is 1. The van der Waals surface area contributed by atoms with Crippen LogP contribution in [0.2, 0.25) is 0 Å². The van der Waals surface area contributed by atoms with Crippen molar-refractivity contribution in [2.45, 2.75) is 18.9 Å². The number of ether oxygens (including phenoxy) is 2. The molecule has 0 fully saturated rings. The van der Waals surface area contributed by atoms with E-state index in [9.17, 15) is 18.7 Å². The minimum atomic E-state index is -0.940. The average molecular weight is 351 g/mol. The Hall–Kier alpha value is -2.67. The first-order valence-electron chi connectivity index (χ1n) is 7.59. The second-order valence-electron chi connectivity index (χ2n) is 5.33. The van der Waals surface area contributed by atoms with Gasteiger partial charge in [-0.05, 0) is 30.7 Å². The molecule has 0 bridgehead atoms. The Labute approximate surface area is 144 Å². The number of carbonyl (C=O) groups excluding carboxylic acids is 1. The molecule has 0 saturated heterocycles. The van der Waals surface area contributed by atoms with Gasteiger partial charge < -0.3 is 19.9 Å². The van der Waals surface area contributed by atoms with E-state index in [0.717, 1.165) is 12.1 Å². The predicted octanol–water partition coefficient (Wildman–Crippen LogP) is 3.43. The first kappa shape index (κ1) is 18.7. The molecule has 1 unspecified atom stereocenters. The van der Waals surface area contributed by atoms with E-state index in [0.29, 0.717) is 23.1 Å². The van der Waals surface area contributed by atoms with Gasteiger partial charge in [0.1, 0.15) is 23.1 Å². The van der Waals surface area contributed by atoms with Gasteiger partial charge in [-0.15, -0.1) is 0 Å². The van der Waals surface area contributed by atoms with Crippen molar-refractivity contribution in [2.75, 3.05) is 19.5 Å². The summed E-state index contributed by atoms with van der Waals surface area (Å²) >= 11 is 0. The Balaban J connectivity index is 1.97. The molecule has 0 aliphatic carbocycles. The molecule has 134 valence electrons. The maximum atomic E-state index is 13.5. The van der Waals surface area contributed by atoms with Crippen LogP contribution in [0.4, 0.5) is 14.5 Å². The number of amides is 1. The highest BCUT2D eigenvalue weighted by molar-refractivity contribution is 5.90. The predicted molar refractivity (Wildman–Crippen MR) is 88.7 cm³/mol. The van der Waals surface area contributed by atoms with Crippen molar-refractivity contribution < 1.29 is 28.2 Å². The van der Waals surface area contributed by atoms with Crippen molar-refractivity contribution in [2.24, 2.45) is 0 Å². The van der Waals surface area contributed by atoms with Crippen LogP contribution in [0.15, 0.2) is 36.4 Å². The van der Waals surface area contributed by atoms with Crippen LogP contribution >= 0.6 is 0 Å². The number of hydrogen-bond acceptors (Lipinski definition) is 4. The summed E-state index contributed by atoms with van der Waals surface area (Å²) in [6.07, 6.45) is -0.880. The number of aliphatic hydroxyl groups is 1. The van der Waals surface area contributed by atoms with Crippen molar-refractivity contribution in [3.8, 4) is 11.5 Å². The van der Waals surface area contributed by atoms with Crippen LogP contribution in [-0.4, -0.2) is 25.2 Å². The third-order valence-electron chi connectivity index (χ3n) is 3.65. The molecule has 25 heavy (non-hydrogen) atoms. The van der Waals surface area contributed by atoms with Crippen LogP contribution in [0.5, 0.6) is 11.5 Å². The number of carbonyl (C=O) groups is 1. The van der Waals surface area contributed by atoms with Crippen LogP contribution in [0.1, 0.15) is 24.5 Å². The van der Waals surface area contributed by atoms with E-state index in [1.54, 1.807) is 18.2 Å². The Bertz CT molecular complexity index is 752. The molecule has 2 rings (SSSR count). The van der Waals surface area contributed by atoms with Crippen molar-refractivity contribution in [3.05, 3.63) is 53.6 Å². The quantitative estimate of drug-likeness (QED) is 0.802. The lowest BCUT2D eigenvalue weighted by molar-refractivity contribution is -0.116. The summed E-state index contributed by atoms with van der Waals surface area (Å²) in [6.45, 7) is 0. The van der Waals surface area contributed by atoms with Crippen LogP contribution in [0.3, 0.4) is 0 Å². The molecule has 0 aliphatic rings. The fourth-order valence-electron chi connectivity index (χ4n) is 2.32. The second-order valence-corrected chi connectivity index (χ2v) is 5.33. The fourth-order valence-corrected chi connectivity index (χ4v) is 2.32. The standard InChI is InChI=1S/C18H19F2NO4/c1-24-12-4-5-13(17(10-12)25-2)16(22)7-8-18(23)21-15-6-3-11(19)9-14(15)20/h3-6,9-10,16,22H,7-8H2,1-2H3,(H,21,23).